The topological polar surface area (TPSA) is 49.3 Å². The molecular weight excluding hydrogens is 451 g/mol. The molecule has 0 saturated carbocycles. The maximum absolute atomic E-state index is 13.1. The summed E-state index contributed by atoms with van der Waals surface area (Å²) < 4.78 is 39.4. The third-order valence-corrected chi connectivity index (χ3v) is 6.17. The Morgan fingerprint density at radius 1 is 1.24 bits per heavy atom. The van der Waals surface area contributed by atoms with Crippen LogP contribution in [0.4, 0.5) is 13.2 Å². The molecule has 0 bridgehead atoms. The molecule has 1 aliphatic heterocycles. The van der Waals surface area contributed by atoms with Gasteiger partial charge < -0.3 is 10.4 Å². The molecule has 182 valence electrons. The summed E-state index contributed by atoms with van der Waals surface area (Å²) in [5.41, 5.74) is 3.10. The Hall–Kier alpha value is -2.21. The zero-order chi connectivity index (χ0) is 24.4. The van der Waals surface area contributed by atoms with Gasteiger partial charge in [0.1, 0.15) is 0 Å². The van der Waals surface area contributed by atoms with Crippen molar-refractivity contribution in [1.29, 1.82) is 0 Å². The average molecular weight is 484 g/mol. The molecule has 0 radical (unpaired) electrons. The number of hydrogen-bond donors (Lipinski definition) is 2. The second-order valence-electron chi connectivity index (χ2n) is 8.69. The highest BCUT2D eigenvalue weighted by Crippen LogP contribution is 2.36. The van der Waals surface area contributed by atoms with E-state index >= 15 is 0 Å². The molecule has 3 nitrogen and oxygen atoms in total. The zero-order valence-corrected chi connectivity index (χ0v) is 19.9. The predicted molar refractivity (Wildman–Crippen MR) is 127 cm³/mol. The maximum atomic E-state index is 13.1. The van der Waals surface area contributed by atoms with Gasteiger partial charge in [0.15, 0.2) is 0 Å². The van der Waals surface area contributed by atoms with Gasteiger partial charge in [-0.05, 0) is 74.3 Å². The Bertz CT molecular complexity index is 890. The van der Waals surface area contributed by atoms with E-state index in [4.69, 9.17) is 11.6 Å². The molecule has 0 fully saturated rings. The lowest BCUT2D eigenvalue weighted by atomic mass is 9.89. The average Bonchev–Trinajstić information content (AvgIpc) is 2.73. The van der Waals surface area contributed by atoms with Gasteiger partial charge in [-0.15, -0.1) is 0 Å². The van der Waals surface area contributed by atoms with Gasteiger partial charge in [-0.3, -0.25) is 4.79 Å². The van der Waals surface area contributed by atoms with Gasteiger partial charge in [-0.2, -0.15) is 13.2 Å². The Labute approximate surface area is 199 Å². The molecule has 0 amide bonds. The maximum Gasteiger partial charge on any atom is 0.416 e. The molecule has 7 heteroatoms. The Kier molecular flexibility index (Phi) is 10.6. The molecule has 0 aromatic heterocycles. The quantitative estimate of drug-likeness (QED) is 0.233. The molecule has 2 rings (SSSR count). The molecule has 1 aliphatic rings. The fourth-order valence-corrected chi connectivity index (χ4v) is 4.31. The van der Waals surface area contributed by atoms with Crippen molar-refractivity contribution in [1.82, 2.24) is 5.32 Å². The first-order valence-corrected chi connectivity index (χ1v) is 11.8. The fraction of sp³-hybridized carbons (Fsp3) is 0.500. The van der Waals surface area contributed by atoms with E-state index in [9.17, 15) is 23.1 Å². The number of hydrogen-bond acceptors (Lipinski definition) is 2. The first kappa shape index (κ1) is 27.0. The van der Waals surface area contributed by atoms with Gasteiger partial charge in [-0.1, -0.05) is 55.2 Å². The number of aliphatic carboxylic acids is 1. The molecule has 1 heterocycles. The molecular formula is C26H33ClF3NO2. The van der Waals surface area contributed by atoms with Crippen LogP contribution in [0.3, 0.4) is 0 Å². The number of benzene rings is 1. The number of allylic oxidation sites excluding steroid dienone is 5. The summed E-state index contributed by atoms with van der Waals surface area (Å²) in [5.74, 6) is -1.53. The van der Waals surface area contributed by atoms with Crippen molar-refractivity contribution < 1.29 is 23.1 Å². The second-order valence-corrected chi connectivity index (χ2v) is 9.13. The number of carbonyl (C=O) groups is 1. The molecule has 1 aromatic carbocycles. The van der Waals surface area contributed by atoms with Crippen LogP contribution in [0.5, 0.6) is 0 Å². The van der Waals surface area contributed by atoms with Crippen LogP contribution in [-0.4, -0.2) is 17.6 Å². The summed E-state index contributed by atoms with van der Waals surface area (Å²) in [6.07, 6.45) is 6.64. The smallest absolute Gasteiger partial charge is 0.416 e. The van der Waals surface area contributed by atoms with Crippen molar-refractivity contribution in [3.05, 3.63) is 69.9 Å². The molecule has 0 unspecified atom stereocenters. The zero-order valence-electron chi connectivity index (χ0n) is 19.1. The minimum atomic E-state index is -4.52. The number of carboxylic acid groups (broad SMARTS) is 1. The van der Waals surface area contributed by atoms with Gasteiger partial charge in [0, 0.05) is 17.3 Å². The predicted octanol–water partition coefficient (Wildman–Crippen LogP) is 8.03. The summed E-state index contributed by atoms with van der Waals surface area (Å²) in [7, 11) is 0. The number of carboxylic acids is 1. The number of alkyl halides is 3. The summed E-state index contributed by atoms with van der Waals surface area (Å²) in [5, 5.41) is 12.6. The number of nitrogens with one attached hydrogen (secondary N) is 1. The normalized spacial score (nSPS) is 15.5. The van der Waals surface area contributed by atoms with E-state index in [1.807, 2.05) is 0 Å². The van der Waals surface area contributed by atoms with Gasteiger partial charge in [-0.25, -0.2) is 0 Å². The van der Waals surface area contributed by atoms with Crippen LogP contribution in [0.15, 0.2) is 53.8 Å². The van der Waals surface area contributed by atoms with Gasteiger partial charge in [0.2, 0.25) is 0 Å². The second kappa shape index (κ2) is 12.9. The standard InChI is InChI=1S/C26H33ClF3NO2/c1-18(11-12-20-10-7-13-31-19(20)2)8-5-3-4-6-9-21(16-25(32)33)22-14-23(26(28,29)30)17-24(27)15-22/h11-12,14-15,17,21,31H,1,3-10,13,16H2,2H3,(H,32,33)/b12-11-/t21-/m0/s1. The van der Waals surface area contributed by atoms with Crippen molar-refractivity contribution in [2.24, 2.45) is 0 Å². The Morgan fingerprint density at radius 3 is 2.64 bits per heavy atom. The lowest BCUT2D eigenvalue weighted by Gasteiger charge is -2.18. The van der Waals surface area contributed by atoms with E-state index < -0.39 is 23.6 Å². The van der Waals surface area contributed by atoms with Crippen LogP contribution in [-0.2, 0) is 11.0 Å². The minimum absolute atomic E-state index is 0.0308. The van der Waals surface area contributed by atoms with E-state index in [2.05, 4.69) is 31.0 Å². The van der Waals surface area contributed by atoms with E-state index in [1.54, 1.807) is 0 Å². The minimum Gasteiger partial charge on any atom is -0.481 e. The Balaban J connectivity index is 1.81. The summed E-state index contributed by atoms with van der Waals surface area (Å²) in [6, 6.07) is 3.33. The monoisotopic (exact) mass is 483 g/mol. The van der Waals surface area contributed by atoms with Crippen molar-refractivity contribution in [2.75, 3.05) is 6.54 Å². The molecule has 0 spiro atoms. The highest BCUT2D eigenvalue weighted by atomic mass is 35.5. The van der Waals surface area contributed by atoms with Crippen LogP contribution < -0.4 is 5.32 Å². The fourth-order valence-electron chi connectivity index (χ4n) is 4.07. The first-order chi connectivity index (χ1) is 15.6. The highest BCUT2D eigenvalue weighted by molar-refractivity contribution is 6.30. The van der Waals surface area contributed by atoms with Crippen LogP contribution in [0.2, 0.25) is 5.02 Å². The SMILES string of the molecule is C=C(/C=C\C1=C(C)NCCC1)CCCCCC[C@@H](CC(=O)O)c1cc(Cl)cc(C(F)(F)F)c1. The Morgan fingerprint density at radius 2 is 1.97 bits per heavy atom. The van der Waals surface area contributed by atoms with Crippen LogP contribution >= 0.6 is 11.6 Å². The van der Waals surface area contributed by atoms with E-state index in [1.165, 1.54) is 17.3 Å². The molecule has 1 aromatic rings. The molecule has 0 aliphatic carbocycles. The number of rotatable bonds is 12. The highest BCUT2D eigenvalue weighted by Gasteiger charge is 2.32. The van der Waals surface area contributed by atoms with Gasteiger partial charge in [0.05, 0.1) is 12.0 Å². The number of halogens is 4. The van der Waals surface area contributed by atoms with Crippen molar-refractivity contribution >= 4 is 17.6 Å². The summed E-state index contributed by atoms with van der Waals surface area (Å²) >= 11 is 5.88. The molecule has 0 saturated heterocycles. The van der Waals surface area contributed by atoms with Crippen molar-refractivity contribution in [3.63, 3.8) is 0 Å². The van der Waals surface area contributed by atoms with E-state index in [0.717, 1.165) is 69.2 Å². The van der Waals surface area contributed by atoms with E-state index in [0.29, 0.717) is 12.0 Å². The first-order valence-electron chi connectivity index (χ1n) is 11.4. The third-order valence-electron chi connectivity index (χ3n) is 5.96. The molecule has 2 N–H and O–H groups in total. The van der Waals surface area contributed by atoms with Crippen molar-refractivity contribution in [2.45, 2.75) is 76.8 Å². The molecule has 1 atom stereocenters. The van der Waals surface area contributed by atoms with E-state index in [-0.39, 0.29) is 11.4 Å². The van der Waals surface area contributed by atoms with Gasteiger partial charge >= 0.3 is 12.1 Å². The largest absolute Gasteiger partial charge is 0.481 e. The van der Waals surface area contributed by atoms with Crippen LogP contribution in [0, 0.1) is 0 Å². The third kappa shape index (κ3) is 9.66. The van der Waals surface area contributed by atoms with Crippen LogP contribution in [0.1, 0.15) is 81.8 Å². The lowest BCUT2D eigenvalue weighted by molar-refractivity contribution is -0.138. The van der Waals surface area contributed by atoms with Crippen molar-refractivity contribution in [3.8, 4) is 0 Å². The lowest BCUT2D eigenvalue weighted by Crippen LogP contribution is -2.19. The summed E-state index contributed by atoms with van der Waals surface area (Å²) in [4.78, 5) is 11.3. The summed E-state index contributed by atoms with van der Waals surface area (Å²) in [6.45, 7) is 7.24. The molecule has 33 heavy (non-hydrogen) atoms. The van der Waals surface area contributed by atoms with Crippen LogP contribution in [0.25, 0.3) is 0 Å². The van der Waals surface area contributed by atoms with Gasteiger partial charge in [0.25, 0.3) is 0 Å². The number of unbranched alkanes of at least 4 members (excludes halogenated alkanes) is 3.